The fourth-order valence-electron chi connectivity index (χ4n) is 1.86. The molecule has 0 aromatic heterocycles. The highest BCUT2D eigenvalue weighted by Crippen LogP contribution is 2.15. The van der Waals surface area contributed by atoms with Crippen LogP contribution in [0.15, 0.2) is 0 Å². The van der Waals surface area contributed by atoms with Crippen molar-refractivity contribution in [3.63, 3.8) is 0 Å². The van der Waals surface area contributed by atoms with E-state index >= 15 is 0 Å². The lowest BCUT2D eigenvalue weighted by molar-refractivity contribution is 0.0243. The minimum atomic E-state index is -2.22. The van der Waals surface area contributed by atoms with Crippen molar-refractivity contribution < 1.29 is 8.78 Å². The zero-order chi connectivity index (χ0) is 11.5. The van der Waals surface area contributed by atoms with Crippen LogP contribution < -0.4 is 5.73 Å². The molecule has 0 saturated carbocycles. The Morgan fingerprint density at radius 1 is 1.20 bits per heavy atom. The second-order valence-corrected chi connectivity index (χ2v) is 4.70. The molecule has 0 amide bonds. The Hall–Kier alpha value is -0.260. The van der Waals surface area contributed by atoms with E-state index in [9.17, 15) is 8.78 Å². The molecule has 0 aliphatic carbocycles. The van der Waals surface area contributed by atoms with Crippen LogP contribution in [0.25, 0.3) is 0 Å². The van der Waals surface area contributed by atoms with E-state index < -0.39 is 6.43 Å². The molecule has 1 aliphatic rings. The monoisotopic (exact) mass is 221 g/mol. The van der Waals surface area contributed by atoms with E-state index in [2.05, 4.69) is 18.7 Å². The summed E-state index contributed by atoms with van der Waals surface area (Å²) in [6.07, 6.45) is -2.22. The van der Waals surface area contributed by atoms with Gasteiger partial charge in [-0.3, -0.25) is 9.80 Å². The van der Waals surface area contributed by atoms with Crippen LogP contribution in [0.1, 0.15) is 13.8 Å². The molecule has 2 N–H and O–H groups in total. The van der Waals surface area contributed by atoms with Crippen molar-refractivity contribution in [2.75, 3.05) is 39.3 Å². The Morgan fingerprint density at radius 3 is 2.13 bits per heavy atom. The second kappa shape index (κ2) is 5.18. The number of piperazine rings is 1. The van der Waals surface area contributed by atoms with Crippen LogP contribution in [0.2, 0.25) is 0 Å². The third-order valence-electron chi connectivity index (χ3n) is 3.12. The predicted octanol–water partition coefficient (Wildman–Crippen LogP) is 0.606. The molecular weight excluding hydrogens is 200 g/mol. The Bertz CT molecular complexity index is 189. The highest BCUT2D eigenvalue weighted by atomic mass is 19.3. The van der Waals surface area contributed by atoms with Gasteiger partial charge >= 0.3 is 0 Å². The first kappa shape index (κ1) is 12.8. The van der Waals surface area contributed by atoms with Gasteiger partial charge in [-0.2, -0.15) is 0 Å². The first-order chi connectivity index (χ1) is 6.95. The maximum absolute atomic E-state index is 12.1. The molecule has 0 bridgehead atoms. The van der Waals surface area contributed by atoms with Crippen molar-refractivity contribution in [1.29, 1.82) is 0 Å². The number of rotatable bonds is 4. The maximum atomic E-state index is 12.1. The van der Waals surface area contributed by atoms with Crippen LogP contribution in [0, 0.1) is 0 Å². The molecule has 0 aromatic rings. The smallest absolute Gasteiger partial charge is 0.251 e. The zero-order valence-electron chi connectivity index (χ0n) is 9.55. The fourth-order valence-corrected chi connectivity index (χ4v) is 1.86. The molecule has 1 saturated heterocycles. The molecule has 1 aliphatic heterocycles. The van der Waals surface area contributed by atoms with Crippen molar-refractivity contribution in [2.24, 2.45) is 5.73 Å². The summed E-state index contributed by atoms with van der Waals surface area (Å²) in [5.41, 5.74) is 5.66. The first-order valence-corrected chi connectivity index (χ1v) is 5.41. The normalized spacial score (nSPS) is 21.2. The van der Waals surface area contributed by atoms with Crippen molar-refractivity contribution in [3.8, 4) is 0 Å². The van der Waals surface area contributed by atoms with E-state index in [0.717, 1.165) is 13.1 Å². The third-order valence-corrected chi connectivity index (χ3v) is 3.12. The van der Waals surface area contributed by atoms with Gasteiger partial charge in [-0.05, 0) is 13.8 Å². The van der Waals surface area contributed by atoms with Crippen molar-refractivity contribution in [1.82, 2.24) is 9.80 Å². The van der Waals surface area contributed by atoms with Crippen LogP contribution in [0.3, 0.4) is 0 Å². The number of nitrogens with two attached hydrogens (primary N) is 1. The van der Waals surface area contributed by atoms with Crippen LogP contribution in [0.4, 0.5) is 8.78 Å². The number of hydrogen-bond donors (Lipinski definition) is 1. The quantitative estimate of drug-likeness (QED) is 0.755. The Balaban J connectivity index is 2.36. The average Bonchev–Trinajstić information content (AvgIpc) is 2.18. The number of hydrogen-bond acceptors (Lipinski definition) is 3. The fraction of sp³-hybridized carbons (Fsp3) is 1.00. The molecule has 0 atom stereocenters. The highest BCUT2D eigenvalue weighted by molar-refractivity contribution is 4.86. The summed E-state index contributed by atoms with van der Waals surface area (Å²) in [5.74, 6) is 0. The average molecular weight is 221 g/mol. The molecule has 1 rings (SSSR count). The van der Waals surface area contributed by atoms with Gasteiger partial charge in [-0.1, -0.05) is 0 Å². The van der Waals surface area contributed by atoms with Gasteiger partial charge in [-0.25, -0.2) is 8.78 Å². The summed E-state index contributed by atoms with van der Waals surface area (Å²) in [6.45, 7) is 7.78. The molecule has 3 nitrogen and oxygen atoms in total. The standard InChI is InChI=1S/C10H21F2N3/c1-10(2,8-13)15-5-3-14(4-6-15)7-9(11)12/h9H,3-8,13H2,1-2H3. The largest absolute Gasteiger partial charge is 0.329 e. The summed E-state index contributed by atoms with van der Waals surface area (Å²) < 4.78 is 24.3. The summed E-state index contributed by atoms with van der Waals surface area (Å²) in [6, 6.07) is 0. The van der Waals surface area contributed by atoms with Gasteiger partial charge in [0, 0.05) is 38.3 Å². The Labute approximate surface area is 90.2 Å². The third kappa shape index (κ3) is 3.66. The van der Waals surface area contributed by atoms with E-state index in [1.807, 2.05) is 4.90 Å². The molecule has 0 radical (unpaired) electrons. The Kier molecular flexibility index (Phi) is 4.43. The highest BCUT2D eigenvalue weighted by Gasteiger charge is 2.29. The summed E-state index contributed by atoms with van der Waals surface area (Å²) in [7, 11) is 0. The second-order valence-electron chi connectivity index (χ2n) is 4.70. The zero-order valence-corrected chi connectivity index (χ0v) is 9.55. The summed E-state index contributed by atoms with van der Waals surface area (Å²) in [4.78, 5) is 4.09. The first-order valence-electron chi connectivity index (χ1n) is 5.41. The molecular formula is C10H21F2N3. The molecule has 0 spiro atoms. The van der Waals surface area contributed by atoms with Crippen molar-refractivity contribution in [3.05, 3.63) is 0 Å². The lowest BCUT2D eigenvalue weighted by Crippen LogP contribution is -2.57. The van der Waals surface area contributed by atoms with Gasteiger partial charge in [0.2, 0.25) is 0 Å². The van der Waals surface area contributed by atoms with Crippen molar-refractivity contribution >= 4 is 0 Å². The van der Waals surface area contributed by atoms with Crippen LogP contribution in [-0.2, 0) is 0 Å². The predicted molar refractivity (Wildman–Crippen MR) is 57.2 cm³/mol. The SMILES string of the molecule is CC(C)(CN)N1CCN(CC(F)F)CC1. The summed E-state index contributed by atoms with van der Waals surface area (Å²) in [5, 5.41) is 0. The molecule has 0 aromatic carbocycles. The molecule has 1 heterocycles. The Morgan fingerprint density at radius 2 is 1.73 bits per heavy atom. The molecule has 1 fully saturated rings. The van der Waals surface area contributed by atoms with Crippen LogP contribution in [0.5, 0.6) is 0 Å². The minimum Gasteiger partial charge on any atom is -0.329 e. The van der Waals surface area contributed by atoms with Crippen molar-refractivity contribution in [2.45, 2.75) is 25.8 Å². The van der Waals surface area contributed by atoms with E-state index in [0.29, 0.717) is 19.6 Å². The number of nitrogens with zero attached hydrogens (tertiary/aromatic N) is 2. The summed E-state index contributed by atoms with van der Waals surface area (Å²) >= 11 is 0. The van der Waals surface area contributed by atoms with Gasteiger partial charge in [0.05, 0.1) is 6.54 Å². The maximum Gasteiger partial charge on any atom is 0.251 e. The van der Waals surface area contributed by atoms with Gasteiger partial charge in [-0.15, -0.1) is 0 Å². The van der Waals surface area contributed by atoms with Gasteiger partial charge in [0.25, 0.3) is 6.43 Å². The lowest BCUT2D eigenvalue weighted by Gasteiger charge is -2.43. The molecule has 5 heteroatoms. The van der Waals surface area contributed by atoms with Crippen LogP contribution in [-0.4, -0.2) is 61.0 Å². The molecule has 0 unspecified atom stereocenters. The number of alkyl halides is 2. The topological polar surface area (TPSA) is 32.5 Å². The van der Waals surface area contributed by atoms with Gasteiger partial charge in [0.1, 0.15) is 0 Å². The van der Waals surface area contributed by atoms with Gasteiger partial charge in [0.15, 0.2) is 0 Å². The lowest BCUT2D eigenvalue weighted by atomic mass is 10.0. The molecule has 15 heavy (non-hydrogen) atoms. The van der Waals surface area contributed by atoms with Gasteiger partial charge < -0.3 is 5.73 Å². The van der Waals surface area contributed by atoms with Crippen LogP contribution >= 0.6 is 0 Å². The number of halogens is 2. The van der Waals surface area contributed by atoms with E-state index in [-0.39, 0.29) is 12.1 Å². The van der Waals surface area contributed by atoms with E-state index in [4.69, 9.17) is 5.73 Å². The van der Waals surface area contributed by atoms with E-state index in [1.165, 1.54) is 0 Å². The van der Waals surface area contributed by atoms with E-state index in [1.54, 1.807) is 0 Å². The minimum absolute atomic E-state index is 0.0169. The molecule has 90 valence electrons.